The number of nitrogens with zero attached hydrogens (tertiary/aromatic N) is 5. The van der Waals surface area contributed by atoms with E-state index in [4.69, 9.17) is 14.2 Å². The summed E-state index contributed by atoms with van der Waals surface area (Å²) >= 11 is 0. The minimum atomic E-state index is -1.78. The van der Waals surface area contributed by atoms with Gasteiger partial charge in [-0.05, 0) is 130 Å². The van der Waals surface area contributed by atoms with Crippen molar-refractivity contribution in [1.29, 1.82) is 0 Å². The number of hydrogen-bond acceptors (Lipinski definition) is 12. The summed E-state index contributed by atoms with van der Waals surface area (Å²) in [5, 5.41) is 41.4. The van der Waals surface area contributed by atoms with Crippen LogP contribution in [0.25, 0.3) is 33.2 Å². The first-order valence-corrected chi connectivity index (χ1v) is 30.4. The van der Waals surface area contributed by atoms with Crippen LogP contribution in [-0.2, 0) is 59.4 Å². The van der Waals surface area contributed by atoms with Gasteiger partial charge in [0.05, 0.1) is 23.0 Å². The molecule has 6 amide bonds. The Labute approximate surface area is 511 Å². The first-order chi connectivity index (χ1) is 41.9. The standard InChI is InChI=1S/C66H82F2N8O12/c1-36(2)53(70-60(80)38(5)72(8)65(84)86-34-41-18-12-10-13-19-41)62(82)74-28-16-22-45(74)32-49-47-26-24-43(67)30-51(47)69-55(49)56-50(48-27-25-44(68)31-52(48)76(56)64-59(79)58(78)57(77)40(7)88-64)33-46-23-17-29-75(46)63(83)54(37(3)4)71-61(81)39(6)73(9)66(85)87-35-42-20-14-11-15-21-42/h10-15,18-21,24-27,30-31,36-40,45-46,53-54,57-59,64,69,77-79H,16-17,22-23,28-29,32-35H2,1-9H3,(H,70,80)(H,71,81)/t38-,39-,40-,45-,46-,53?,54-,57+,58?,59?,64-/m0/s1. The van der Waals surface area contributed by atoms with Gasteiger partial charge in [-0.1, -0.05) is 88.4 Å². The van der Waals surface area contributed by atoms with Crippen molar-refractivity contribution < 1.29 is 67.1 Å². The van der Waals surface area contributed by atoms with Crippen LogP contribution in [0.4, 0.5) is 18.4 Å². The molecule has 88 heavy (non-hydrogen) atoms. The van der Waals surface area contributed by atoms with Crippen LogP contribution < -0.4 is 10.6 Å². The van der Waals surface area contributed by atoms with E-state index < -0.39 is 114 Å². The zero-order valence-electron chi connectivity index (χ0n) is 51.3. The van der Waals surface area contributed by atoms with Gasteiger partial charge >= 0.3 is 12.2 Å². The van der Waals surface area contributed by atoms with Crippen molar-refractivity contribution in [3.05, 3.63) is 131 Å². The van der Waals surface area contributed by atoms with Gasteiger partial charge in [0.1, 0.15) is 67.3 Å². The summed E-state index contributed by atoms with van der Waals surface area (Å²) in [6.45, 7) is 12.5. The number of benzene rings is 4. The lowest BCUT2D eigenvalue weighted by Crippen LogP contribution is -2.56. The molecule has 3 saturated heterocycles. The number of amides is 6. The molecule has 6 aromatic rings. The Morgan fingerprint density at radius 3 is 1.59 bits per heavy atom. The van der Waals surface area contributed by atoms with Crippen molar-refractivity contribution >= 4 is 57.6 Å². The van der Waals surface area contributed by atoms with E-state index in [-0.39, 0.29) is 43.4 Å². The van der Waals surface area contributed by atoms with Gasteiger partial charge in [0, 0.05) is 55.6 Å². The van der Waals surface area contributed by atoms with E-state index in [9.17, 15) is 34.5 Å². The molecule has 3 unspecified atom stereocenters. The maximum absolute atomic E-state index is 16.0. The largest absolute Gasteiger partial charge is 0.445 e. The number of aliphatic hydroxyl groups excluding tert-OH is 3. The summed E-state index contributed by atoms with van der Waals surface area (Å²) in [6, 6.07) is 21.5. The first-order valence-electron chi connectivity index (χ1n) is 30.4. The fourth-order valence-corrected chi connectivity index (χ4v) is 12.4. The minimum absolute atomic E-state index is 0.000831. The number of carbonyl (C=O) groups is 6. The lowest BCUT2D eigenvalue weighted by atomic mass is 9.94. The number of ether oxygens (including phenoxy) is 3. The van der Waals surface area contributed by atoms with Gasteiger partial charge in [0.15, 0.2) is 6.23 Å². The third kappa shape index (κ3) is 13.7. The van der Waals surface area contributed by atoms with E-state index in [0.29, 0.717) is 77.6 Å². The molecule has 472 valence electrons. The third-order valence-electron chi connectivity index (χ3n) is 17.8. The van der Waals surface area contributed by atoms with Crippen LogP contribution in [-0.4, -0.2) is 168 Å². The Morgan fingerprint density at radius 1 is 0.636 bits per heavy atom. The molecule has 3 aliphatic rings. The molecule has 9 rings (SSSR count). The molecule has 5 heterocycles. The highest BCUT2D eigenvalue weighted by Gasteiger charge is 2.46. The predicted octanol–water partition coefficient (Wildman–Crippen LogP) is 7.73. The van der Waals surface area contributed by atoms with Crippen molar-refractivity contribution in [1.82, 2.24) is 39.8 Å². The van der Waals surface area contributed by atoms with Crippen LogP contribution >= 0.6 is 0 Å². The molecule has 0 bridgehead atoms. The molecule has 22 heteroatoms. The molecule has 2 aromatic heterocycles. The summed E-state index contributed by atoms with van der Waals surface area (Å²) in [5.74, 6) is -3.87. The van der Waals surface area contributed by atoms with Crippen LogP contribution in [0.15, 0.2) is 97.1 Å². The molecular formula is C66H82F2N8O12. The van der Waals surface area contributed by atoms with E-state index in [1.54, 1.807) is 40.3 Å². The molecular weight excluding hydrogens is 1130 g/mol. The average Bonchev–Trinajstić information content (AvgIpc) is 1.58. The van der Waals surface area contributed by atoms with Gasteiger partial charge in [-0.2, -0.15) is 0 Å². The molecule has 3 fully saturated rings. The Bertz CT molecular complexity index is 3490. The number of fused-ring (bicyclic) bond motifs is 2. The highest BCUT2D eigenvalue weighted by Crippen LogP contribution is 2.45. The number of likely N-dealkylation sites (N-methyl/N-ethyl adjacent to an activating group) is 2. The number of carbonyl (C=O) groups excluding carboxylic acids is 6. The van der Waals surface area contributed by atoms with E-state index in [1.807, 2.05) is 88.4 Å². The van der Waals surface area contributed by atoms with Gasteiger partial charge in [-0.25, -0.2) is 18.4 Å². The second kappa shape index (κ2) is 27.6. The van der Waals surface area contributed by atoms with E-state index >= 15 is 18.4 Å². The number of H-pyrrole nitrogens is 1. The van der Waals surface area contributed by atoms with Crippen LogP contribution in [0.2, 0.25) is 0 Å². The summed E-state index contributed by atoms with van der Waals surface area (Å²) in [4.78, 5) is 93.7. The van der Waals surface area contributed by atoms with Crippen LogP contribution in [0.3, 0.4) is 0 Å². The lowest BCUT2D eigenvalue weighted by molar-refractivity contribution is -0.238. The zero-order valence-corrected chi connectivity index (χ0v) is 51.3. The summed E-state index contributed by atoms with van der Waals surface area (Å²) in [5.41, 5.74) is 4.07. The van der Waals surface area contributed by atoms with Gasteiger partial charge in [0.25, 0.3) is 0 Å². The quantitative estimate of drug-likeness (QED) is 0.0430. The van der Waals surface area contributed by atoms with Crippen molar-refractivity contribution in [3.8, 4) is 11.4 Å². The Morgan fingerprint density at radius 2 is 1.10 bits per heavy atom. The van der Waals surface area contributed by atoms with Gasteiger partial charge in [-0.3, -0.25) is 29.0 Å². The predicted molar refractivity (Wildman–Crippen MR) is 325 cm³/mol. The fraction of sp³-hybridized carbons (Fsp3) is 0.485. The summed E-state index contributed by atoms with van der Waals surface area (Å²) in [7, 11) is 2.90. The van der Waals surface area contributed by atoms with Crippen molar-refractivity contribution in [2.75, 3.05) is 27.2 Å². The first kappa shape index (κ1) is 64.6. The number of nitrogens with one attached hydrogen (secondary N) is 3. The summed E-state index contributed by atoms with van der Waals surface area (Å²) in [6.07, 6.45) is -6.46. The maximum Gasteiger partial charge on any atom is 0.410 e. The molecule has 11 atom stereocenters. The zero-order chi connectivity index (χ0) is 63.4. The second-order valence-corrected chi connectivity index (χ2v) is 24.4. The van der Waals surface area contributed by atoms with Crippen molar-refractivity contribution in [2.45, 2.75) is 167 Å². The molecule has 20 nitrogen and oxygen atoms in total. The van der Waals surface area contributed by atoms with E-state index in [1.165, 1.54) is 55.1 Å². The highest BCUT2D eigenvalue weighted by atomic mass is 19.1. The highest BCUT2D eigenvalue weighted by molar-refractivity contribution is 5.98. The summed E-state index contributed by atoms with van der Waals surface area (Å²) < 4.78 is 50.5. The number of aliphatic hydroxyl groups is 3. The van der Waals surface area contributed by atoms with Crippen molar-refractivity contribution in [2.24, 2.45) is 11.8 Å². The van der Waals surface area contributed by atoms with Crippen LogP contribution in [0.5, 0.6) is 0 Å². The molecule has 3 aliphatic heterocycles. The SMILES string of the molecule is CC(C)C(NC(=O)[C@H](C)N(C)C(=O)OCc1ccccc1)C(=O)N1CCC[C@H]1Cc1c(-c2c(C[C@@H]3CCCN3C(=O)[C@@H](NC(=O)[C@H](C)N(C)C(=O)OCc3ccccc3)C(C)C)c3ccc(F)cc3n2[C@H]2O[C@@H](C)[C@@H](O)C(O)C2O)[nH]c2cc(F)ccc12. The maximum atomic E-state index is 16.0. The number of rotatable bonds is 20. The Hall–Kier alpha value is -7.92. The number of hydrogen-bond donors (Lipinski definition) is 6. The lowest BCUT2D eigenvalue weighted by Gasteiger charge is -2.41. The molecule has 6 N–H and O–H groups in total. The van der Waals surface area contributed by atoms with Crippen LogP contribution in [0, 0.1) is 23.5 Å². The third-order valence-corrected chi connectivity index (χ3v) is 17.8. The normalized spacial score (nSPS) is 21.8. The van der Waals surface area contributed by atoms with Crippen LogP contribution in [0.1, 0.15) is 103 Å². The minimum Gasteiger partial charge on any atom is -0.445 e. The monoisotopic (exact) mass is 1220 g/mol. The Kier molecular flexibility index (Phi) is 20.3. The number of aromatic amines is 1. The van der Waals surface area contributed by atoms with Gasteiger partial charge in [-0.15, -0.1) is 0 Å². The van der Waals surface area contributed by atoms with Gasteiger partial charge < -0.3 is 59.5 Å². The molecule has 0 saturated carbocycles. The second-order valence-electron chi connectivity index (χ2n) is 24.4. The van der Waals surface area contributed by atoms with E-state index in [0.717, 1.165) is 11.1 Å². The Balaban J connectivity index is 1.06. The smallest absolute Gasteiger partial charge is 0.410 e. The van der Waals surface area contributed by atoms with Gasteiger partial charge in [0.2, 0.25) is 23.6 Å². The molecule has 0 spiro atoms. The number of likely N-dealkylation sites (tertiary alicyclic amines) is 2. The number of halogens is 2. The molecule has 4 aromatic carbocycles. The number of aromatic nitrogens is 2. The topological polar surface area (TPSA) is 249 Å². The van der Waals surface area contributed by atoms with E-state index in [2.05, 4.69) is 15.6 Å². The molecule has 0 radical (unpaired) electrons. The molecule has 0 aliphatic carbocycles. The van der Waals surface area contributed by atoms with Crippen molar-refractivity contribution in [3.63, 3.8) is 0 Å². The fourth-order valence-electron chi connectivity index (χ4n) is 12.4. The average molecular weight is 1220 g/mol.